The average Bonchev–Trinajstić information content (AvgIpc) is 2.47. The summed E-state index contributed by atoms with van der Waals surface area (Å²) in [5.74, 6) is -0.158. The van der Waals surface area contributed by atoms with Crippen LogP contribution in [0.2, 0.25) is 0 Å². The second-order valence-electron chi connectivity index (χ2n) is 4.47. The summed E-state index contributed by atoms with van der Waals surface area (Å²) in [5, 5.41) is 14.4. The van der Waals surface area contributed by atoms with E-state index in [0.29, 0.717) is 17.9 Å². The number of anilines is 1. The number of nitrogens with two attached hydrogens (primary N) is 1. The Morgan fingerprint density at radius 3 is 3.05 bits per heavy atom. The van der Waals surface area contributed by atoms with Crippen LogP contribution in [-0.4, -0.2) is 30.2 Å². The number of carbonyl (C=O) groups is 1. The van der Waals surface area contributed by atoms with E-state index >= 15 is 0 Å². The van der Waals surface area contributed by atoms with Gasteiger partial charge in [0.25, 0.3) is 0 Å². The molecule has 0 bridgehead atoms. The topological polar surface area (TPSA) is 96.9 Å². The third-order valence-electron chi connectivity index (χ3n) is 3.06. The lowest BCUT2D eigenvalue weighted by Gasteiger charge is -2.21. The molecule has 4 N–H and O–H groups in total. The molecule has 1 unspecified atom stereocenters. The Morgan fingerprint density at radius 1 is 1.53 bits per heavy atom. The number of benzene rings is 1. The molecule has 102 valence electrons. The maximum atomic E-state index is 12.0. The fourth-order valence-corrected chi connectivity index (χ4v) is 2.01. The summed E-state index contributed by atoms with van der Waals surface area (Å²) < 4.78 is 5.29. The highest BCUT2D eigenvalue weighted by Gasteiger charge is 2.21. The standard InChI is InChI=1S/C13H17N3O3/c14-12(16-18)9-3-1-5-11(7-9)15-13(17)10-4-2-6-19-8-10/h1,3,5,7,10,18H,2,4,6,8H2,(H2,14,16)(H,15,17). The van der Waals surface area contributed by atoms with Gasteiger partial charge < -0.3 is 21.0 Å². The Labute approximate surface area is 111 Å². The molecule has 1 aliphatic rings. The van der Waals surface area contributed by atoms with Crippen LogP contribution in [-0.2, 0) is 9.53 Å². The predicted molar refractivity (Wildman–Crippen MR) is 71.1 cm³/mol. The lowest BCUT2D eigenvalue weighted by atomic mass is 10.0. The Morgan fingerprint density at radius 2 is 2.37 bits per heavy atom. The quantitative estimate of drug-likeness (QED) is 0.330. The first-order chi connectivity index (χ1) is 9.20. The van der Waals surface area contributed by atoms with E-state index in [1.54, 1.807) is 24.3 Å². The van der Waals surface area contributed by atoms with Crippen molar-refractivity contribution in [2.75, 3.05) is 18.5 Å². The third-order valence-corrected chi connectivity index (χ3v) is 3.06. The molecule has 1 fully saturated rings. The number of carbonyl (C=O) groups excluding carboxylic acids is 1. The van der Waals surface area contributed by atoms with Crippen LogP contribution in [0.5, 0.6) is 0 Å². The summed E-state index contributed by atoms with van der Waals surface area (Å²) in [7, 11) is 0. The molecule has 0 aromatic heterocycles. The van der Waals surface area contributed by atoms with Crippen LogP contribution in [0.4, 0.5) is 5.69 Å². The van der Waals surface area contributed by atoms with Gasteiger partial charge in [0.1, 0.15) is 0 Å². The second kappa shape index (κ2) is 6.19. The molecule has 0 aliphatic carbocycles. The summed E-state index contributed by atoms with van der Waals surface area (Å²) in [6.07, 6.45) is 1.74. The molecule has 1 heterocycles. The van der Waals surface area contributed by atoms with Gasteiger partial charge in [-0.15, -0.1) is 0 Å². The van der Waals surface area contributed by atoms with E-state index in [0.717, 1.165) is 19.4 Å². The van der Waals surface area contributed by atoms with Crippen molar-refractivity contribution in [1.82, 2.24) is 0 Å². The fourth-order valence-electron chi connectivity index (χ4n) is 2.01. The minimum atomic E-state index is -0.110. The van der Waals surface area contributed by atoms with E-state index in [1.165, 1.54) is 0 Å². The number of nitrogens with zero attached hydrogens (tertiary/aromatic N) is 1. The predicted octanol–water partition coefficient (Wildman–Crippen LogP) is 1.15. The van der Waals surface area contributed by atoms with Crippen molar-refractivity contribution >= 4 is 17.4 Å². The van der Waals surface area contributed by atoms with E-state index in [4.69, 9.17) is 15.7 Å². The van der Waals surface area contributed by atoms with Crippen molar-refractivity contribution in [3.63, 3.8) is 0 Å². The zero-order valence-electron chi connectivity index (χ0n) is 10.5. The molecule has 1 atom stereocenters. The molecule has 1 aliphatic heterocycles. The molecule has 1 aromatic carbocycles. The molecule has 1 saturated heterocycles. The number of rotatable bonds is 3. The van der Waals surface area contributed by atoms with Crippen LogP contribution >= 0.6 is 0 Å². The molecule has 0 saturated carbocycles. The van der Waals surface area contributed by atoms with Crippen LogP contribution in [0.15, 0.2) is 29.4 Å². The number of hydrogen-bond acceptors (Lipinski definition) is 4. The van der Waals surface area contributed by atoms with Crippen LogP contribution in [0, 0.1) is 5.92 Å². The SMILES string of the molecule is NC(=NO)c1cccc(NC(=O)C2CCCOC2)c1. The number of amides is 1. The third kappa shape index (κ3) is 3.45. The summed E-state index contributed by atoms with van der Waals surface area (Å²) in [4.78, 5) is 12.0. The Hall–Kier alpha value is -2.08. The van der Waals surface area contributed by atoms with E-state index in [1.807, 2.05) is 0 Å². The van der Waals surface area contributed by atoms with Gasteiger partial charge in [-0.25, -0.2) is 0 Å². The van der Waals surface area contributed by atoms with Gasteiger partial charge in [0.2, 0.25) is 5.91 Å². The smallest absolute Gasteiger partial charge is 0.229 e. The van der Waals surface area contributed by atoms with Gasteiger partial charge in [-0.1, -0.05) is 17.3 Å². The van der Waals surface area contributed by atoms with Gasteiger partial charge in [-0.2, -0.15) is 0 Å². The summed E-state index contributed by atoms with van der Waals surface area (Å²) in [5.41, 5.74) is 6.68. The van der Waals surface area contributed by atoms with Crippen LogP contribution in [0.25, 0.3) is 0 Å². The largest absolute Gasteiger partial charge is 0.409 e. The van der Waals surface area contributed by atoms with Crippen LogP contribution < -0.4 is 11.1 Å². The summed E-state index contributed by atoms with van der Waals surface area (Å²) in [6, 6.07) is 6.86. The van der Waals surface area contributed by atoms with Crippen molar-refractivity contribution in [3.05, 3.63) is 29.8 Å². The molecule has 6 heteroatoms. The van der Waals surface area contributed by atoms with Crippen LogP contribution in [0.1, 0.15) is 18.4 Å². The van der Waals surface area contributed by atoms with Crippen molar-refractivity contribution in [1.29, 1.82) is 0 Å². The van der Waals surface area contributed by atoms with Gasteiger partial charge in [-0.3, -0.25) is 4.79 Å². The number of amidine groups is 1. The average molecular weight is 263 g/mol. The van der Waals surface area contributed by atoms with E-state index in [-0.39, 0.29) is 17.7 Å². The Bertz CT molecular complexity index is 482. The minimum absolute atomic E-state index is 0.0112. The fraction of sp³-hybridized carbons (Fsp3) is 0.385. The maximum Gasteiger partial charge on any atom is 0.229 e. The minimum Gasteiger partial charge on any atom is -0.409 e. The van der Waals surface area contributed by atoms with Crippen molar-refractivity contribution < 1.29 is 14.7 Å². The van der Waals surface area contributed by atoms with Gasteiger partial charge in [0.05, 0.1) is 12.5 Å². The monoisotopic (exact) mass is 263 g/mol. The zero-order valence-corrected chi connectivity index (χ0v) is 10.5. The molecule has 6 nitrogen and oxygen atoms in total. The molecule has 1 aromatic rings. The first kappa shape index (κ1) is 13.4. The zero-order chi connectivity index (χ0) is 13.7. The number of nitrogens with one attached hydrogen (secondary N) is 1. The summed E-state index contributed by atoms with van der Waals surface area (Å²) in [6.45, 7) is 1.19. The Balaban J connectivity index is 2.04. The van der Waals surface area contributed by atoms with Gasteiger partial charge >= 0.3 is 0 Å². The molecule has 1 amide bonds. The maximum absolute atomic E-state index is 12.0. The molecule has 19 heavy (non-hydrogen) atoms. The van der Waals surface area contributed by atoms with E-state index < -0.39 is 0 Å². The van der Waals surface area contributed by atoms with Crippen LogP contribution in [0.3, 0.4) is 0 Å². The van der Waals surface area contributed by atoms with Crippen molar-refractivity contribution in [3.8, 4) is 0 Å². The Kier molecular flexibility index (Phi) is 4.35. The number of ether oxygens (including phenoxy) is 1. The van der Waals surface area contributed by atoms with E-state index in [2.05, 4.69) is 10.5 Å². The van der Waals surface area contributed by atoms with E-state index in [9.17, 15) is 4.79 Å². The lowest BCUT2D eigenvalue weighted by Crippen LogP contribution is -2.30. The first-order valence-corrected chi connectivity index (χ1v) is 6.17. The number of oxime groups is 1. The van der Waals surface area contributed by atoms with Crippen molar-refractivity contribution in [2.24, 2.45) is 16.8 Å². The van der Waals surface area contributed by atoms with Gasteiger partial charge in [-0.05, 0) is 25.0 Å². The molecule has 0 radical (unpaired) electrons. The highest BCUT2D eigenvalue weighted by Crippen LogP contribution is 2.17. The second-order valence-corrected chi connectivity index (χ2v) is 4.47. The summed E-state index contributed by atoms with van der Waals surface area (Å²) >= 11 is 0. The molecule has 2 rings (SSSR count). The highest BCUT2D eigenvalue weighted by molar-refractivity contribution is 5.99. The van der Waals surface area contributed by atoms with Gasteiger partial charge in [0, 0.05) is 17.9 Å². The molecular formula is C13H17N3O3. The lowest BCUT2D eigenvalue weighted by molar-refractivity contribution is -0.123. The first-order valence-electron chi connectivity index (χ1n) is 6.17. The molecule has 0 spiro atoms. The van der Waals surface area contributed by atoms with Crippen molar-refractivity contribution in [2.45, 2.75) is 12.8 Å². The highest BCUT2D eigenvalue weighted by atomic mass is 16.5. The normalized spacial score (nSPS) is 20.0. The molecular weight excluding hydrogens is 246 g/mol. The van der Waals surface area contributed by atoms with Gasteiger partial charge in [0.15, 0.2) is 5.84 Å². The number of hydrogen-bond donors (Lipinski definition) is 3.